The first-order chi connectivity index (χ1) is 13.2. The highest BCUT2D eigenvalue weighted by Crippen LogP contribution is 2.17. The van der Waals surface area contributed by atoms with Gasteiger partial charge in [0.1, 0.15) is 0 Å². The van der Waals surface area contributed by atoms with Crippen LogP contribution < -0.4 is 5.32 Å². The zero-order valence-corrected chi connectivity index (χ0v) is 17.5. The fourth-order valence-corrected chi connectivity index (χ4v) is 4.58. The lowest BCUT2D eigenvalue weighted by Crippen LogP contribution is -2.54. The molecule has 1 unspecified atom stereocenters. The van der Waals surface area contributed by atoms with E-state index in [4.69, 9.17) is 0 Å². The number of carbonyl (C=O) groups excluding carboxylic acids is 1. The van der Waals surface area contributed by atoms with Crippen LogP contribution in [-0.4, -0.2) is 86.0 Å². The van der Waals surface area contributed by atoms with Crippen LogP contribution in [-0.2, 0) is 4.79 Å². The molecule has 0 aromatic carbocycles. The van der Waals surface area contributed by atoms with Crippen molar-refractivity contribution < 1.29 is 4.79 Å². The van der Waals surface area contributed by atoms with Crippen LogP contribution in [0.25, 0.3) is 0 Å². The van der Waals surface area contributed by atoms with Crippen molar-refractivity contribution in [2.75, 3.05) is 59.4 Å². The maximum absolute atomic E-state index is 12.5. The summed E-state index contributed by atoms with van der Waals surface area (Å²) in [6, 6.07) is 2.19. The zero-order valence-electron chi connectivity index (χ0n) is 16.7. The number of carbonyl (C=O) groups is 1. The summed E-state index contributed by atoms with van der Waals surface area (Å²) in [5.41, 5.74) is 1.38. The monoisotopic (exact) mass is 391 g/mol. The molecule has 0 bridgehead atoms. The van der Waals surface area contributed by atoms with Crippen molar-refractivity contribution in [3.05, 3.63) is 22.4 Å². The van der Waals surface area contributed by atoms with Crippen molar-refractivity contribution in [2.45, 2.75) is 32.1 Å². The molecule has 0 radical (unpaired) electrons. The van der Waals surface area contributed by atoms with Gasteiger partial charge in [0.15, 0.2) is 5.96 Å². The Morgan fingerprint density at radius 2 is 1.89 bits per heavy atom. The van der Waals surface area contributed by atoms with Gasteiger partial charge in [-0.1, -0.05) is 6.92 Å². The molecule has 2 fully saturated rings. The third-order valence-corrected chi connectivity index (χ3v) is 6.33. The average molecular weight is 392 g/mol. The molecule has 7 heteroatoms. The topological polar surface area (TPSA) is 51.2 Å². The Labute approximate surface area is 167 Å². The number of hydrogen-bond donors (Lipinski definition) is 1. The summed E-state index contributed by atoms with van der Waals surface area (Å²) in [5.74, 6) is 1.74. The number of nitrogens with one attached hydrogen (secondary N) is 1. The second-order valence-electron chi connectivity index (χ2n) is 7.59. The summed E-state index contributed by atoms with van der Waals surface area (Å²) in [5, 5.41) is 7.87. The summed E-state index contributed by atoms with van der Waals surface area (Å²) in [7, 11) is 1.85. The van der Waals surface area contributed by atoms with Crippen LogP contribution in [0.3, 0.4) is 0 Å². The van der Waals surface area contributed by atoms with Gasteiger partial charge in [0.25, 0.3) is 0 Å². The molecule has 1 aromatic rings. The summed E-state index contributed by atoms with van der Waals surface area (Å²) in [6.07, 6.45) is 3.58. The lowest BCUT2D eigenvalue weighted by molar-refractivity contribution is -0.133. The van der Waals surface area contributed by atoms with E-state index >= 15 is 0 Å². The Morgan fingerprint density at radius 3 is 2.52 bits per heavy atom. The third kappa shape index (κ3) is 5.69. The maximum Gasteiger partial charge on any atom is 0.236 e. The van der Waals surface area contributed by atoms with Crippen molar-refractivity contribution in [1.29, 1.82) is 0 Å². The van der Waals surface area contributed by atoms with Gasteiger partial charge in [0.2, 0.25) is 5.91 Å². The summed E-state index contributed by atoms with van der Waals surface area (Å²) < 4.78 is 0. The fourth-order valence-electron chi connectivity index (χ4n) is 3.80. The van der Waals surface area contributed by atoms with Crippen molar-refractivity contribution in [3.63, 3.8) is 0 Å². The first kappa shape index (κ1) is 20.1. The van der Waals surface area contributed by atoms with E-state index in [1.165, 1.54) is 12.0 Å². The van der Waals surface area contributed by atoms with Crippen LogP contribution in [0.15, 0.2) is 21.8 Å². The number of piperazine rings is 1. The van der Waals surface area contributed by atoms with E-state index in [0.29, 0.717) is 18.4 Å². The standard InChI is InChI=1S/C20H33N5OS/c1-17(18-6-13-27-16-18)14-22-20(21-2)25-11-9-23(10-12-25)15-19(26)24-7-4-3-5-8-24/h6,13,16-17H,3-5,7-12,14-15H2,1-2H3,(H,21,22). The molecule has 3 rings (SSSR count). The van der Waals surface area contributed by atoms with Gasteiger partial charge in [-0.05, 0) is 47.6 Å². The molecule has 6 nitrogen and oxygen atoms in total. The third-order valence-electron chi connectivity index (χ3n) is 5.63. The van der Waals surface area contributed by atoms with Crippen LogP contribution in [0.4, 0.5) is 0 Å². The first-order valence-electron chi connectivity index (χ1n) is 10.1. The van der Waals surface area contributed by atoms with Crippen molar-refractivity contribution in [2.24, 2.45) is 4.99 Å². The quantitative estimate of drug-likeness (QED) is 0.617. The molecular weight excluding hydrogens is 358 g/mol. The highest BCUT2D eigenvalue weighted by Gasteiger charge is 2.24. The number of nitrogens with zero attached hydrogens (tertiary/aromatic N) is 4. The number of aliphatic imine (C=N–C) groups is 1. The SMILES string of the molecule is CN=C(NCC(C)c1ccsc1)N1CCN(CC(=O)N2CCCCC2)CC1. The minimum absolute atomic E-state index is 0.301. The summed E-state index contributed by atoms with van der Waals surface area (Å²) in [6.45, 7) is 9.24. The molecule has 1 atom stereocenters. The second-order valence-corrected chi connectivity index (χ2v) is 8.37. The molecule has 27 heavy (non-hydrogen) atoms. The first-order valence-corrected chi connectivity index (χ1v) is 11.1. The molecule has 0 spiro atoms. The Hall–Kier alpha value is -1.60. The number of guanidine groups is 1. The summed E-state index contributed by atoms with van der Waals surface area (Å²) >= 11 is 1.75. The average Bonchev–Trinajstić information content (AvgIpc) is 3.25. The highest BCUT2D eigenvalue weighted by molar-refractivity contribution is 7.07. The molecule has 1 aromatic heterocycles. The Kier molecular flexibility index (Phi) is 7.52. The predicted octanol–water partition coefficient (Wildman–Crippen LogP) is 2.06. The van der Waals surface area contributed by atoms with Crippen LogP contribution >= 0.6 is 11.3 Å². The maximum atomic E-state index is 12.5. The molecular formula is C20H33N5OS. The van der Waals surface area contributed by atoms with E-state index in [1.807, 2.05) is 11.9 Å². The van der Waals surface area contributed by atoms with Gasteiger partial charge < -0.3 is 15.1 Å². The smallest absolute Gasteiger partial charge is 0.236 e. The van der Waals surface area contributed by atoms with E-state index in [2.05, 4.69) is 43.9 Å². The molecule has 1 N–H and O–H groups in total. The minimum Gasteiger partial charge on any atom is -0.356 e. The Morgan fingerprint density at radius 1 is 1.15 bits per heavy atom. The molecule has 150 valence electrons. The van der Waals surface area contributed by atoms with Crippen LogP contribution in [0.5, 0.6) is 0 Å². The lowest BCUT2D eigenvalue weighted by atomic mass is 10.1. The molecule has 0 saturated carbocycles. The van der Waals surface area contributed by atoms with Gasteiger partial charge in [0, 0.05) is 52.9 Å². The molecule has 2 aliphatic rings. The number of hydrogen-bond acceptors (Lipinski definition) is 4. The number of likely N-dealkylation sites (tertiary alicyclic amines) is 1. The van der Waals surface area contributed by atoms with E-state index in [-0.39, 0.29) is 0 Å². The molecule has 0 aliphatic carbocycles. The largest absolute Gasteiger partial charge is 0.356 e. The number of rotatable bonds is 5. The molecule has 1 amide bonds. The van der Waals surface area contributed by atoms with Gasteiger partial charge >= 0.3 is 0 Å². The molecule has 2 aliphatic heterocycles. The van der Waals surface area contributed by atoms with E-state index in [1.54, 1.807) is 11.3 Å². The highest BCUT2D eigenvalue weighted by atomic mass is 32.1. The summed E-state index contributed by atoms with van der Waals surface area (Å²) in [4.78, 5) is 23.6. The number of thiophene rings is 1. The minimum atomic E-state index is 0.301. The van der Waals surface area contributed by atoms with Gasteiger partial charge in [-0.25, -0.2) is 0 Å². The van der Waals surface area contributed by atoms with Crippen molar-refractivity contribution in [1.82, 2.24) is 20.0 Å². The van der Waals surface area contributed by atoms with E-state index < -0.39 is 0 Å². The number of amides is 1. The van der Waals surface area contributed by atoms with E-state index in [0.717, 1.165) is 64.6 Å². The predicted molar refractivity (Wildman–Crippen MR) is 113 cm³/mol. The van der Waals surface area contributed by atoms with Crippen LogP contribution in [0.2, 0.25) is 0 Å². The lowest BCUT2D eigenvalue weighted by Gasteiger charge is -2.37. The van der Waals surface area contributed by atoms with Gasteiger partial charge in [-0.3, -0.25) is 14.7 Å². The van der Waals surface area contributed by atoms with Gasteiger partial charge in [0.05, 0.1) is 6.54 Å². The second kappa shape index (κ2) is 10.1. The molecule has 3 heterocycles. The van der Waals surface area contributed by atoms with Crippen molar-refractivity contribution in [3.8, 4) is 0 Å². The van der Waals surface area contributed by atoms with Gasteiger partial charge in [-0.15, -0.1) is 0 Å². The van der Waals surface area contributed by atoms with Crippen LogP contribution in [0, 0.1) is 0 Å². The Balaban J connectivity index is 1.41. The van der Waals surface area contributed by atoms with Crippen molar-refractivity contribution >= 4 is 23.2 Å². The molecule has 2 saturated heterocycles. The zero-order chi connectivity index (χ0) is 19.1. The van der Waals surface area contributed by atoms with E-state index in [9.17, 15) is 4.79 Å². The van der Waals surface area contributed by atoms with Crippen LogP contribution in [0.1, 0.15) is 37.7 Å². The number of piperidine rings is 1. The normalized spacial score (nSPS) is 20.6. The van der Waals surface area contributed by atoms with Gasteiger partial charge in [-0.2, -0.15) is 11.3 Å². The Bertz CT molecular complexity index is 604. The fraction of sp³-hybridized carbons (Fsp3) is 0.700.